The number of aliphatic carboxylic acids is 1. The van der Waals surface area contributed by atoms with Crippen LogP contribution in [0.4, 0.5) is 0 Å². The van der Waals surface area contributed by atoms with Crippen molar-refractivity contribution in [2.75, 3.05) is 18.1 Å². The average molecular weight is 270 g/mol. The van der Waals surface area contributed by atoms with E-state index in [-0.39, 0.29) is 6.61 Å². The Morgan fingerprint density at radius 2 is 1.94 bits per heavy atom. The van der Waals surface area contributed by atoms with Crippen LogP contribution in [0.1, 0.15) is 16.6 Å². The van der Waals surface area contributed by atoms with Gasteiger partial charge in [0.1, 0.15) is 5.75 Å². The summed E-state index contributed by atoms with van der Waals surface area (Å²) in [5, 5.41) is 8.50. The molecule has 0 radical (unpaired) electrons. The minimum Gasteiger partial charge on any atom is -0.482 e. The first-order valence-electron chi connectivity index (χ1n) is 5.43. The lowest BCUT2D eigenvalue weighted by molar-refractivity contribution is -0.139. The number of ether oxygens (including phenoxy) is 1. The Bertz CT molecular complexity index is 372. The van der Waals surface area contributed by atoms with Gasteiger partial charge in [-0.3, -0.25) is 0 Å². The van der Waals surface area contributed by atoms with Gasteiger partial charge in [-0.15, -0.1) is 23.5 Å². The molecule has 92 valence electrons. The van der Waals surface area contributed by atoms with Crippen LogP contribution in [-0.4, -0.2) is 29.2 Å². The van der Waals surface area contributed by atoms with E-state index in [2.05, 4.69) is 0 Å². The maximum absolute atomic E-state index is 10.4. The van der Waals surface area contributed by atoms with E-state index >= 15 is 0 Å². The Balaban J connectivity index is 1.94. The SMILES string of the molecule is O=C(O)COc1ccc(C2SCCCS2)cc1. The average Bonchev–Trinajstić information content (AvgIpc) is 2.38. The predicted molar refractivity (Wildman–Crippen MR) is 71.8 cm³/mol. The number of carboxylic acids is 1. The van der Waals surface area contributed by atoms with Gasteiger partial charge < -0.3 is 9.84 Å². The van der Waals surface area contributed by atoms with Crippen LogP contribution < -0.4 is 4.74 Å². The Hall–Kier alpha value is -0.810. The fourth-order valence-corrected chi connectivity index (χ4v) is 4.44. The molecule has 0 atom stereocenters. The van der Waals surface area contributed by atoms with Crippen LogP contribution in [0.5, 0.6) is 5.75 Å². The lowest BCUT2D eigenvalue weighted by Crippen LogP contribution is -2.09. The van der Waals surface area contributed by atoms with Crippen LogP contribution in [-0.2, 0) is 4.79 Å². The van der Waals surface area contributed by atoms with Gasteiger partial charge in [0, 0.05) is 0 Å². The van der Waals surface area contributed by atoms with Crippen molar-refractivity contribution in [3.8, 4) is 5.75 Å². The molecule has 1 saturated heterocycles. The molecule has 1 heterocycles. The minimum absolute atomic E-state index is 0.285. The number of carbonyl (C=O) groups is 1. The van der Waals surface area contributed by atoms with E-state index < -0.39 is 5.97 Å². The number of rotatable bonds is 4. The zero-order chi connectivity index (χ0) is 12.1. The van der Waals surface area contributed by atoms with Crippen molar-refractivity contribution >= 4 is 29.5 Å². The van der Waals surface area contributed by atoms with Crippen LogP contribution in [0.15, 0.2) is 24.3 Å². The molecule has 1 aliphatic rings. The molecule has 2 rings (SSSR count). The molecule has 17 heavy (non-hydrogen) atoms. The lowest BCUT2D eigenvalue weighted by atomic mass is 10.2. The summed E-state index contributed by atoms with van der Waals surface area (Å²) in [4.78, 5) is 10.4. The van der Waals surface area contributed by atoms with Crippen molar-refractivity contribution in [3.05, 3.63) is 29.8 Å². The third-order valence-electron chi connectivity index (χ3n) is 2.34. The second-order valence-electron chi connectivity index (χ2n) is 3.68. The summed E-state index contributed by atoms with van der Waals surface area (Å²) in [7, 11) is 0. The second kappa shape index (κ2) is 6.21. The zero-order valence-corrected chi connectivity index (χ0v) is 10.9. The topological polar surface area (TPSA) is 46.5 Å². The number of hydrogen-bond acceptors (Lipinski definition) is 4. The van der Waals surface area contributed by atoms with Gasteiger partial charge in [0.15, 0.2) is 6.61 Å². The van der Waals surface area contributed by atoms with E-state index in [4.69, 9.17) is 9.84 Å². The first-order chi connectivity index (χ1) is 8.25. The van der Waals surface area contributed by atoms with E-state index in [0.29, 0.717) is 10.3 Å². The molecule has 0 aromatic heterocycles. The van der Waals surface area contributed by atoms with Crippen molar-refractivity contribution in [2.24, 2.45) is 0 Å². The standard InChI is InChI=1S/C12H14O3S2/c13-11(14)8-15-10-4-2-9(3-5-10)12-16-6-1-7-17-12/h2-5,12H,1,6-8H2,(H,13,14). The van der Waals surface area contributed by atoms with Gasteiger partial charge in [-0.2, -0.15) is 0 Å². The van der Waals surface area contributed by atoms with Crippen molar-refractivity contribution in [2.45, 2.75) is 11.0 Å². The predicted octanol–water partition coefficient (Wildman–Crippen LogP) is 3.02. The molecule has 0 amide bonds. The summed E-state index contributed by atoms with van der Waals surface area (Å²) >= 11 is 3.94. The summed E-state index contributed by atoms with van der Waals surface area (Å²) in [6.45, 7) is -0.285. The highest BCUT2D eigenvalue weighted by Gasteiger charge is 2.16. The van der Waals surface area contributed by atoms with Gasteiger partial charge in [0.2, 0.25) is 0 Å². The Kier molecular flexibility index (Phi) is 4.62. The highest BCUT2D eigenvalue weighted by atomic mass is 32.2. The van der Waals surface area contributed by atoms with Gasteiger partial charge in [-0.1, -0.05) is 12.1 Å². The number of carboxylic acid groups (broad SMARTS) is 1. The maximum atomic E-state index is 10.4. The normalized spacial score (nSPS) is 16.7. The first kappa shape index (κ1) is 12.6. The highest BCUT2D eigenvalue weighted by molar-refractivity contribution is 8.16. The van der Waals surface area contributed by atoms with E-state index in [9.17, 15) is 4.79 Å². The molecule has 1 fully saturated rings. The Morgan fingerprint density at radius 3 is 2.53 bits per heavy atom. The molecule has 1 aromatic rings. The second-order valence-corrected chi connectivity index (χ2v) is 6.40. The zero-order valence-electron chi connectivity index (χ0n) is 9.30. The largest absolute Gasteiger partial charge is 0.482 e. The number of benzene rings is 1. The van der Waals surface area contributed by atoms with Crippen molar-refractivity contribution in [1.29, 1.82) is 0 Å². The maximum Gasteiger partial charge on any atom is 0.341 e. The van der Waals surface area contributed by atoms with Crippen LogP contribution in [0.2, 0.25) is 0 Å². The highest BCUT2D eigenvalue weighted by Crippen LogP contribution is 2.43. The van der Waals surface area contributed by atoms with Crippen molar-refractivity contribution in [1.82, 2.24) is 0 Å². The van der Waals surface area contributed by atoms with Gasteiger partial charge >= 0.3 is 5.97 Å². The van der Waals surface area contributed by atoms with E-state index in [0.717, 1.165) is 0 Å². The smallest absolute Gasteiger partial charge is 0.341 e. The fourth-order valence-electron chi connectivity index (χ4n) is 1.55. The molecule has 0 spiro atoms. The van der Waals surface area contributed by atoms with Gasteiger partial charge in [0.05, 0.1) is 4.58 Å². The lowest BCUT2D eigenvalue weighted by Gasteiger charge is -2.21. The summed E-state index contributed by atoms with van der Waals surface area (Å²) in [6, 6.07) is 7.72. The van der Waals surface area contributed by atoms with Gasteiger partial charge in [-0.05, 0) is 35.6 Å². The van der Waals surface area contributed by atoms with Gasteiger partial charge in [-0.25, -0.2) is 4.79 Å². The van der Waals surface area contributed by atoms with Gasteiger partial charge in [0.25, 0.3) is 0 Å². The van der Waals surface area contributed by atoms with Crippen LogP contribution >= 0.6 is 23.5 Å². The molecule has 3 nitrogen and oxygen atoms in total. The summed E-state index contributed by atoms with van der Waals surface area (Å²) in [5.41, 5.74) is 1.28. The fraction of sp³-hybridized carbons (Fsp3) is 0.417. The first-order valence-corrected chi connectivity index (χ1v) is 7.53. The molecule has 1 aromatic carbocycles. The molecule has 0 bridgehead atoms. The number of thioether (sulfide) groups is 2. The monoisotopic (exact) mass is 270 g/mol. The number of hydrogen-bond donors (Lipinski definition) is 1. The third-order valence-corrected chi connectivity index (χ3v) is 5.36. The van der Waals surface area contributed by atoms with Crippen LogP contribution in [0, 0.1) is 0 Å². The minimum atomic E-state index is -0.951. The summed E-state index contributed by atoms with van der Waals surface area (Å²) < 4.78 is 5.61. The van der Waals surface area contributed by atoms with Crippen molar-refractivity contribution in [3.63, 3.8) is 0 Å². The molecule has 1 aliphatic heterocycles. The van der Waals surface area contributed by atoms with E-state index in [1.54, 1.807) is 0 Å². The van der Waals surface area contributed by atoms with Crippen LogP contribution in [0.25, 0.3) is 0 Å². The molecular formula is C12H14O3S2. The summed E-state index contributed by atoms with van der Waals surface area (Å²) in [5.74, 6) is 2.10. The molecular weight excluding hydrogens is 256 g/mol. The molecule has 1 N–H and O–H groups in total. The van der Waals surface area contributed by atoms with Crippen molar-refractivity contribution < 1.29 is 14.6 Å². The Labute approximate surface area is 109 Å². The molecule has 5 heteroatoms. The molecule has 0 saturated carbocycles. The summed E-state index contributed by atoms with van der Waals surface area (Å²) in [6.07, 6.45) is 1.28. The molecule has 0 aliphatic carbocycles. The van der Waals surface area contributed by atoms with Crippen LogP contribution in [0.3, 0.4) is 0 Å². The third kappa shape index (κ3) is 3.85. The van der Waals surface area contributed by atoms with E-state index in [1.165, 1.54) is 23.5 Å². The molecule has 0 unspecified atom stereocenters. The quantitative estimate of drug-likeness (QED) is 0.911. The van der Waals surface area contributed by atoms with E-state index in [1.807, 2.05) is 47.8 Å². The Morgan fingerprint density at radius 1 is 1.29 bits per heavy atom.